The molecule has 0 amide bonds. The maximum absolute atomic E-state index is 9.90. The van der Waals surface area contributed by atoms with Gasteiger partial charge in [0, 0.05) is 0 Å². The normalized spacial score (nSPS) is 12.5. The topological polar surface area (TPSA) is 23.1 Å². The molecule has 0 aliphatic carbocycles. The summed E-state index contributed by atoms with van der Waals surface area (Å²) in [6, 6.07) is 0. The first kappa shape index (κ1) is 10.0. The van der Waals surface area contributed by atoms with E-state index in [1.165, 1.54) is 0 Å². The molecule has 1 atom stereocenters. The van der Waals surface area contributed by atoms with Crippen molar-refractivity contribution in [2.24, 2.45) is 0 Å². The van der Waals surface area contributed by atoms with Gasteiger partial charge in [-0.2, -0.15) is 0 Å². The summed E-state index contributed by atoms with van der Waals surface area (Å²) >= 11 is 0. The first-order chi connectivity index (χ1) is 2.27. The minimum atomic E-state index is -0.366. The monoisotopic (exact) mass is 96.1 g/mol. The van der Waals surface area contributed by atoms with Crippen LogP contribution in [0.2, 0.25) is 0 Å². The van der Waals surface area contributed by atoms with Crippen LogP contribution in [0.15, 0.2) is 0 Å². The van der Waals surface area contributed by atoms with E-state index in [0.717, 1.165) is 6.42 Å². The summed E-state index contributed by atoms with van der Waals surface area (Å²) < 4.78 is 0. The minimum absolute atomic E-state index is 0. The zero-order chi connectivity index (χ0) is 4.28. The fraction of sp³-hybridized carbons (Fsp3) is 1.00. The molecule has 0 saturated heterocycles. The predicted molar refractivity (Wildman–Crippen MR) is 19.8 cm³/mol. The fourth-order valence-electron chi connectivity index (χ4n) is 0. The van der Waals surface area contributed by atoms with Gasteiger partial charge in [-0.05, 0) is 0 Å². The molecule has 0 aliphatic rings. The molecule has 0 bridgehead atoms. The molecule has 0 N–H and O–H groups in total. The van der Waals surface area contributed by atoms with Gasteiger partial charge in [0.2, 0.25) is 0 Å². The molecule has 0 saturated carbocycles. The Labute approximate surface area is 61.0 Å². The molecule has 0 fully saturated rings. The van der Waals surface area contributed by atoms with E-state index in [0.29, 0.717) is 0 Å². The van der Waals surface area contributed by atoms with Crippen LogP contribution < -0.4 is 34.7 Å². The van der Waals surface area contributed by atoms with E-state index in [-0.39, 0.29) is 35.7 Å². The van der Waals surface area contributed by atoms with E-state index in [1.54, 1.807) is 6.92 Å². The van der Waals surface area contributed by atoms with E-state index in [1.807, 2.05) is 6.92 Å². The molecule has 0 heterocycles. The second-order valence-corrected chi connectivity index (χ2v) is 1.22. The summed E-state index contributed by atoms with van der Waals surface area (Å²) in [7, 11) is 0. The van der Waals surface area contributed by atoms with E-state index in [4.69, 9.17) is 0 Å². The summed E-state index contributed by atoms with van der Waals surface area (Å²) in [4.78, 5) is 0. The molecule has 1 nitrogen and oxygen atoms in total. The predicted octanol–water partition coefficient (Wildman–Crippen LogP) is -2.85. The Kier molecular flexibility index (Phi) is 9.98. The molecule has 0 radical (unpaired) electrons. The molecule has 0 aromatic heterocycles. The fourth-order valence-corrected chi connectivity index (χ4v) is 0. The van der Waals surface area contributed by atoms with Gasteiger partial charge in [0.25, 0.3) is 0 Å². The van der Waals surface area contributed by atoms with E-state index < -0.39 is 0 Å². The van der Waals surface area contributed by atoms with Gasteiger partial charge in [0.1, 0.15) is 0 Å². The molecular formula is C4H9NaO. The van der Waals surface area contributed by atoms with Gasteiger partial charge < -0.3 is 5.11 Å². The van der Waals surface area contributed by atoms with Crippen molar-refractivity contribution in [2.75, 3.05) is 0 Å². The second-order valence-electron chi connectivity index (χ2n) is 1.22. The maximum atomic E-state index is 9.90. The molecule has 0 unspecified atom stereocenters. The first-order valence-electron chi connectivity index (χ1n) is 1.93. The minimum Gasteiger partial charge on any atom is -0.852 e. The van der Waals surface area contributed by atoms with Gasteiger partial charge >= 0.3 is 29.6 Å². The third-order valence-corrected chi connectivity index (χ3v) is 0.575. The Balaban J connectivity index is 0. The van der Waals surface area contributed by atoms with E-state index in [2.05, 4.69) is 0 Å². The molecule has 6 heavy (non-hydrogen) atoms. The summed E-state index contributed by atoms with van der Waals surface area (Å²) in [6.07, 6.45) is 0.384. The van der Waals surface area contributed by atoms with Crippen molar-refractivity contribution >= 4 is 0 Å². The van der Waals surface area contributed by atoms with Gasteiger partial charge in [-0.15, -0.1) is 6.10 Å². The van der Waals surface area contributed by atoms with E-state index >= 15 is 0 Å². The molecular weight excluding hydrogens is 87.0 g/mol. The third-order valence-electron chi connectivity index (χ3n) is 0.575. The Morgan fingerprint density at radius 1 is 1.67 bits per heavy atom. The molecule has 32 valence electrons. The maximum Gasteiger partial charge on any atom is 1.00 e. The molecule has 0 aliphatic heterocycles. The van der Waals surface area contributed by atoms with Crippen molar-refractivity contribution in [2.45, 2.75) is 26.4 Å². The van der Waals surface area contributed by atoms with Crippen LogP contribution in [0.4, 0.5) is 0 Å². The Morgan fingerprint density at radius 2 is 1.83 bits per heavy atom. The molecule has 0 rings (SSSR count). The van der Waals surface area contributed by atoms with Crippen LogP contribution in [0.5, 0.6) is 0 Å². The zero-order valence-electron chi connectivity index (χ0n) is 4.69. The van der Waals surface area contributed by atoms with Crippen molar-refractivity contribution < 1.29 is 34.7 Å². The summed E-state index contributed by atoms with van der Waals surface area (Å²) in [5.74, 6) is 0. The van der Waals surface area contributed by atoms with Gasteiger partial charge in [0.05, 0.1) is 0 Å². The van der Waals surface area contributed by atoms with Crippen LogP contribution >= 0.6 is 0 Å². The van der Waals surface area contributed by atoms with Crippen LogP contribution in [0, 0.1) is 0 Å². The quantitative estimate of drug-likeness (QED) is 0.322. The standard InChI is InChI=1S/C4H9O.Na/c1-3-4(2)5;/h4H,3H2,1-2H3;/q-1;+1/t4-;/m1./s1. The molecule has 0 aromatic carbocycles. The summed E-state index contributed by atoms with van der Waals surface area (Å²) in [6.45, 7) is 3.55. The van der Waals surface area contributed by atoms with Crippen molar-refractivity contribution in [3.05, 3.63) is 0 Å². The summed E-state index contributed by atoms with van der Waals surface area (Å²) in [5.41, 5.74) is 0. The van der Waals surface area contributed by atoms with Crippen molar-refractivity contribution in [1.29, 1.82) is 0 Å². The summed E-state index contributed by atoms with van der Waals surface area (Å²) in [5, 5.41) is 9.90. The second kappa shape index (κ2) is 5.96. The Bertz CT molecular complexity index is 21.5. The van der Waals surface area contributed by atoms with Crippen molar-refractivity contribution in [3.63, 3.8) is 0 Å². The Morgan fingerprint density at radius 3 is 1.83 bits per heavy atom. The number of hydrogen-bond donors (Lipinski definition) is 0. The van der Waals surface area contributed by atoms with Crippen LogP contribution in [-0.2, 0) is 0 Å². The number of hydrogen-bond acceptors (Lipinski definition) is 1. The number of rotatable bonds is 1. The van der Waals surface area contributed by atoms with Gasteiger partial charge in [-0.3, -0.25) is 0 Å². The molecule has 0 aromatic rings. The average molecular weight is 96.1 g/mol. The smallest absolute Gasteiger partial charge is 0.852 e. The Hall–Kier alpha value is 0.960. The van der Waals surface area contributed by atoms with Crippen LogP contribution in [0.1, 0.15) is 20.3 Å². The van der Waals surface area contributed by atoms with Gasteiger partial charge in [0.15, 0.2) is 0 Å². The molecule has 0 spiro atoms. The van der Waals surface area contributed by atoms with Crippen LogP contribution in [0.3, 0.4) is 0 Å². The van der Waals surface area contributed by atoms with Gasteiger partial charge in [-0.1, -0.05) is 20.3 Å². The first-order valence-corrected chi connectivity index (χ1v) is 1.93. The van der Waals surface area contributed by atoms with Gasteiger partial charge in [-0.25, -0.2) is 0 Å². The SMILES string of the molecule is CC[C@@H](C)[O-].[Na+]. The van der Waals surface area contributed by atoms with Crippen molar-refractivity contribution in [1.82, 2.24) is 0 Å². The third kappa shape index (κ3) is 8.88. The molecule has 2 heteroatoms. The van der Waals surface area contributed by atoms with Crippen molar-refractivity contribution in [3.8, 4) is 0 Å². The largest absolute Gasteiger partial charge is 1.00 e. The van der Waals surface area contributed by atoms with Crippen LogP contribution in [-0.4, -0.2) is 6.10 Å². The average Bonchev–Trinajstić information content (AvgIpc) is 1.38. The van der Waals surface area contributed by atoms with Crippen LogP contribution in [0.25, 0.3) is 0 Å². The van der Waals surface area contributed by atoms with E-state index in [9.17, 15) is 5.11 Å². The zero-order valence-corrected chi connectivity index (χ0v) is 6.69.